The lowest BCUT2D eigenvalue weighted by atomic mass is 10.2. The van der Waals surface area contributed by atoms with Crippen LogP contribution in [0.4, 0.5) is 11.5 Å². The fourth-order valence-electron chi connectivity index (χ4n) is 4.01. The Bertz CT molecular complexity index is 869. The minimum Gasteiger partial charge on any atom is -0.368 e. The monoisotopic (exact) mass is 394 g/mol. The summed E-state index contributed by atoms with van der Waals surface area (Å²) in [5.74, 6) is 1.53. The van der Waals surface area contributed by atoms with Gasteiger partial charge >= 0.3 is 0 Å². The SMILES string of the molecule is Cc1cccc(N2CCN(C(=O)c3cc(N4CCN(C)CC4)nc(C)n3)CC2)c1. The minimum absolute atomic E-state index is 0.00905. The molecule has 4 rings (SSSR count). The zero-order chi connectivity index (χ0) is 20.4. The van der Waals surface area contributed by atoms with Crippen LogP contribution in [0.3, 0.4) is 0 Å². The Hall–Kier alpha value is -2.67. The Kier molecular flexibility index (Phi) is 5.67. The first-order chi connectivity index (χ1) is 14.0. The average molecular weight is 395 g/mol. The van der Waals surface area contributed by atoms with Crippen molar-refractivity contribution in [1.29, 1.82) is 0 Å². The smallest absolute Gasteiger partial charge is 0.272 e. The molecule has 1 aromatic heterocycles. The highest BCUT2D eigenvalue weighted by molar-refractivity contribution is 5.93. The molecule has 1 amide bonds. The molecule has 0 aliphatic carbocycles. The third-order valence-electron chi connectivity index (χ3n) is 5.80. The number of amides is 1. The zero-order valence-corrected chi connectivity index (χ0v) is 17.6. The molecular weight excluding hydrogens is 364 g/mol. The van der Waals surface area contributed by atoms with Gasteiger partial charge in [-0.15, -0.1) is 0 Å². The summed E-state index contributed by atoms with van der Waals surface area (Å²) in [5.41, 5.74) is 3.00. The van der Waals surface area contributed by atoms with Crippen LogP contribution in [0.25, 0.3) is 0 Å². The average Bonchev–Trinajstić information content (AvgIpc) is 2.73. The van der Waals surface area contributed by atoms with Crippen LogP contribution in [-0.4, -0.2) is 85.1 Å². The van der Waals surface area contributed by atoms with E-state index in [1.54, 1.807) is 0 Å². The second-order valence-electron chi connectivity index (χ2n) is 8.07. The molecule has 2 saturated heterocycles. The molecule has 0 radical (unpaired) electrons. The number of aryl methyl sites for hydroxylation is 2. The lowest BCUT2D eigenvalue weighted by Crippen LogP contribution is -2.49. The summed E-state index contributed by atoms with van der Waals surface area (Å²) >= 11 is 0. The van der Waals surface area contributed by atoms with Crippen LogP contribution < -0.4 is 9.80 Å². The molecule has 2 aliphatic rings. The molecule has 3 heterocycles. The van der Waals surface area contributed by atoms with E-state index in [1.165, 1.54) is 11.3 Å². The lowest BCUT2D eigenvalue weighted by Gasteiger charge is -2.36. The van der Waals surface area contributed by atoms with Crippen LogP contribution in [0.5, 0.6) is 0 Å². The summed E-state index contributed by atoms with van der Waals surface area (Å²) < 4.78 is 0. The Morgan fingerprint density at radius 3 is 2.24 bits per heavy atom. The van der Waals surface area contributed by atoms with E-state index in [9.17, 15) is 4.79 Å². The van der Waals surface area contributed by atoms with Gasteiger partial charge in [0.05, 0.1) is 0 Å². The first-order valence-electron chi connectivity index (χ1n) is 10.4. The number of benzene rings is 1. The second-order valence-corrected chi connectivity index (χ2v) is 8.07. The fraction of sp³-hybridized carbons (Fsp3) is 0.500. The third kappa shape index (κ3) is 4.50. The summed E-state index contributed by atoms with van der Waals surface area (Å²) in [7, 11) is 2.13. The summed E-state index contributed by atoms with van der Waals surface area (Å²) in [6.45, 7) is 10.9. The molecule has 154 valence electrons. The van der Waals surface area contributed by atoms with Gasteiger partial charge in [-0.25, -0.2) is 9.97 Å². The number of likely N-dealkylation sites (N-methyl/N-ethyl adjacent to an activating group) is 1. The first kappa shape index (κ1) is 19.6. The molecule has 2 fully saturated rings. The van der Waals surface area contributed by atoms with E-state index in [4.69, 9.17) is 0 Å². The molecule has 2 aromatic rings. The largest absolute Gasteiger partial charge is 0.368 e. The molecular formula is C22H30N6O. The van der Waals surface area contributed by atoms with Crippen molar-refractivity contribution >= 4 is 17.4 Å². The molecule has 0 bridgehead atoms. The van der Waals surface area contributed by atoms with E-state index in [0.717, 1.165) is 45.1 Å². The number of anilines is 2. The number of hydrogen-bond acceptors (Lipinski definition) is 6. The number of carbonyl (C=O) groups is 1. The number of aromatic nitrogens is 2. The van der Waals surface area contributed by atoms with Gasteiger partial charge in [-0.2, -0.15) is 0 Å². The number of piperazine rings is 2. The molecule has 0 spiro atoms. The van der Waals surface area contributed by atoms with Gasteiger partial charge in [-0.3, -0.25) is 4.79 Å². The maximum absolute atomic E-state index is 13.1. The maximum Gasteiger partial charge on any atom is 0.272 e. The standard InChI is InChI=1S/C22H30N6O/c1-17-5-4-6-19(15-17)26-11-13-28(14-12-26)22(29)20-16-21(24-18(2)23-20)27-9-7-25(3)8-10-27/h4-6,15-16H,7-14H2,1-3H3. The van der Waals surface area contributed by atoms with Crippen LogP contribution in [0.2, 0.25) is 0 Å². The van der Waals surface area contributed by atoms with Crippen molar-refractivity contribution in [3.05, 3.63) is 47.4 Å². The van der Waals surface area contributed by atoms with E-state index in [-0.39, 0.29) is 5.91 Å². The Labute approximate surface area is 172 Å². The van der Waals surface area contributed by atoms with Gasteiger partial charge in [-0.1, -0.05) is 12.1 Å². The zero-order valence-electron chi connectivity index (χ0n) is 17.6. The Morgan fingerprint density at radius 2 is 1.55 bits per heavy atom. The molecule has 0 unspecified atom stereocenters. The third-order valence-corrected chi connectivity index (χ3v) is 5.80. The predicted molar refractivity (Wildman–Crippen MR) is 116 cm³/mol. The van der Waals surface area contributed by atoms with Gasteiger partial charge in [0.2, 0.25) is 0 Å². The highest BCUT2D eigenvalue weighted by Gasteiger charge is 2.25. The Morgan fingerprint density at radius 1 is 0.862 bits per heavy atom. The summed E-state index contributed by atoms with van der Waals surface area (Å²) in [4.78, 5) is 31.0. The van der Waals surface area contributed by atoms with E-state index >= 15 is 0 Å². The van der Waals surface area contributed by atoms with E-state index in [0.29, 0.717) is 24.6 Å². The van der Waals surface area contributed by atoms with Crippen LogP contribution >= 0.6 is 0 Å². The lowest BCUT2D eigenvalue weighted by molar-refractivity contribution is 0.0740. The quantitative estimate of drug-likeness (QED) is 0.791. The van der Waals surface area contributed by atoms with Crippen molar-refractivity contribution in [2.75, 3.05) is 69.2 Å². The predicted octanol–water partition coefficient (Wildman–Crippen LogP) is 1.81. The molecule has 7 nitrogen and oxygen atoms in total. The van der Waals surface area contributed by atoms with Crippen LogP contribution in [0.1, 0.15) is 21.9 Å². The Balaban J connectivity index is 1.43. The van der Waals surface area contributed by atoms with Crippen LogP contribution in [-0.2, 0) is 0 Å². The maximum atomic E-state index is 13.1. The van der Waals surface area contributed by atoms with Crippen molar-refractivity contribution in [3.8, 4) is 0 Å². The van der Waals surface area contributed by atoms with Crippen molar-refractivity contribution in [1.82, 2.24) is 19.8 Å². The van der Waals surface area contributed by atoms with Gasteiger partial charge in [0.25, 0.3) is 5.91 Å². The number of nitrogens with zero attached hydrogens (tertiary/aromatic N) is 6. The van der Waals surface area contributed by atoms with E-state index in [1.807, 2.05) is 17.9 Å². The molecule has 0 atom stereocenters. The van der Waals surface area contributed by atoms with Gasteiger partial charge < -0.3 is 19.6 Å². The van der Waals surface area contributed by atoms with E-state index in [2.05, 4.69) is 62.9 Å². The number of hydrogen-bond donors (Lipinski definition) is 0. The minimum atomic E-state index is 0.00905. The fourth-order valence-corrected chi connectivity index (χ4v) is 4.01. The van der Waals surface area contributed by atoms with Gasteiger partial charge in [0.1, 0.15) is 17.3 Å². The van der Waals surface area contributed by atoms with Crippen molar-refractivity contribution in [2.45, 2.75) is 13.8 Å². The molecule has 2 aliphatic heterocycles. The van der Waals surface area contributed by atoms with Gasteiger partial charge in [0, 0.05) is 64.1 Å². The van der Waals surface area contributed by atoms with Crippen molar-refractivity contribution in [2.24, 2.45) is 0 Å². The normalized spacial score (nSPS) is 18.2. The molecule has 29 heavy (non-hydrogen) atoms. The molecule has 0 N–H and O–H groups in total. The van der Waals surface area contributed by atoms with Gasteiger partial charge in [-0.05, 0) is 38.6 Å². The summed E-state index contributed by atoms with van der Waals surface area (Å²) in [5, 5.41) is 0. The molecule has 0 saturated carbocycles. The van der Waals surface area contributed by atoms with Crippen molar-refractivity contribution < 1.29 is 4.79 Å². The van der Waals surface area contributed by atoms with Crippen LogP contribution in [0.15, 0.2) is 30.3 Å². The van der Waals surface area contributed by atoms with E-state index < -0.39 is 0 Å². The topological polar surface area (TPSA) is 55.8 Å². The first-order valence-corrected chi connectivity index (χ1v) is 10.4. The highest BCUT2D eigenvalue weighted by atomic mass is 16.2. The number of carbonyl (C=O) groups excluding carboxylic acids is 1. The second kappa shape index (κ2) is 8.37. The van der Waals surface area contributed by atoms with Crippen LogP contribution in [0, 0.1) is 13.8 Å². The molecule has 7 heteroatoms. The highest BCUT2D eigenvalue weighted by Crippen LogP contribution is 2.20. The molecule has 1 aromatic carbocycles. The van der Waals surface area contributed by atoms with Crippen molar-refractivity contribution in [3.63, 3.8) is 0 Å². The number of rotatable bonds is 3. The summed E-state index contributed by atoms with van der Waals surface area (Å²) in [6, 6.07) is 10.4. The van der Waals surface area contributed by atoms with Gasteiger partial charge in [0.15, 0.2) is 0 Å². The summed E-state index contributed by atoms with van der Waals surface area (Å²) in [6.07, 6.45) is 0.